The van der Waals surface area contributed by atoms with Gasteiger partial charge >= 0.3 is 0 Å². The summed E-state index contributed by atoms with van der Waals surface area (Å²) in [5, 5.41) is 32.7. The first-order chi connectivity index (χ1) is 15.4. The van der Waals surface area contributed by atoms with Crippen LogP contribution >= 0.6 is 23.4 Å². The van der Waals surface area contributed by atoms with Gasteiger partial charge in [0, 0.05) is 25.0 Å². The number of alkyl halides is 1. The lowest BCUT2D eigenvalue weighted by atomic mass is 9.79. The first kappa shape index (κ1) is 29.1. The molecule has 194 valence electrons. The van der Waals surface area contributed by atoms with Crippen LogP contribution in [0, 0.1) is 23.2 Å². The molecule has 33 heavy (non-hydrogen) atoms. The number of ether oxygens (including phenoxy) is 1. The van der Waals surface area contributed by atoms with Gasteiger partial charge in [0.2, 0.25) is 5.91 Å². The Bertz CT molecular complexity index is 620. The molecule has 2 rings (SSSR count). The van der Waals surface area contributed by atoms with Crippen LogP contribution < -0.4 is 5.32 Å². The number of aliphatic hydroxyl groups is 3. The van der Waals surface area contributed by atoms with E-state index in [1.54, 1.807) is 13.2 Å². The third-order valence-corrected chi connectivity index (χ3v) is 8.12. The lowest BCUT2D eigenvalue weighted by Crippen LogP contribution is -2.56. The van der Waals surface area contributed by atoms with Gasteiger partial charge in [0.15, 0.2) is 0 Å². The average Bonchev–Trinajstić information content (AvgIpc) is 2.90. The van der Waals surface area contributed by atoms with Gasteiger partial charge in [-0.3, -0.25) is 9.69 Å². The monoisotopic (exact) mass is 508 g/mol. The highest BCUT2D eigenvalue weighted by molar-refractivity contribution is 7.99. The van der Waals surface area contributed by atoms with Crippen molar-refractivity contribution in [3.05, 3.63) is 0 Å². The zero-order chi connectivity index (χ0) is 24.9. The normalized spacial score (nSPS) is 31.2. The zero-order valence-corrected chi connectivity index (χ0v) is 22.6. The second-order valence-corrected chi connectivity index (χ2v) is 12.9. The molecule has 0 aliphatic carbocycles. The summed E-state index contributed by atoms with van der Waals surface area (Å²) in [6, 6.07) is -1.03. The van der Waals surface area contributed by atoms with Gasteiger partial charge in [-0.05, 0) is 57.2 Å². The summed E-state index contributed by atoms with van der Waals surface area (Å²) >= 11 is 7.71. The maximum Gasteiger partial charge on any atom is 0.240 e. The maximum atomic E-state index is 13.5. The van der Waals surface area contributed by atoms with Gasteiger partial charge in [0.25, 0.3) is 0 Å². The third-order valence-electron chi connectivity index (χ3n) is 7.11. The lowest BCUT2D eigenvalue weighted by Gasteiger charge is -2.35. The Morgan fingerprint density at radius 3 is 2.55 bits per heavy atom. The van der Waals surface area contributed by atoms with Crippen molar-refractivity contribution in [1.29, 1.82) is 0 Å². The molecule has 0 aromatic rings. The van der Waals surface area contributed by atoms with Crippen LogP contribution in [-0.2, 0) is 9.53 Å². The van der Waals surface area contributed by atoms with Crippen LogP contribution in [0.15, 0.2) is 0 Å². The van der Waals surface area contributed by atoms with Crippen molar-refractivity contribution >= 4 is 29.3 Å². The van der Waals surface area contributed by atoms with Crippen LogP contribution in [0.25, 0.3) is 0 Å². The highest BCUT2D eigenvalue weighted by atomic mass is 35.5. The van der Waals surface area contributed by atoms with Gasteiger partial charge in [0.05, 0.1) is 35.7 Å². The molecule has 0 bridgehead atoms. The van der Waals surface area contributed by atoms with Crippen LogP contribution in [0.5, 0.6) is 0 Å². The van der Waals surface area contributed by atoms with Crippen molar-refractivity contribution in [2.45, 2.75) is 88.5 Å². The van der Waals surface area contributed by atoms with E-state index in [4.69, 9.17) is 16.3 Å². The van der Waals surface area contributed by atoms with Crippen LogP contribution in [0.2, 0.25) is 0 Å². The first-order valence-corrected chi connectivity index (χ1v) is 13.9. The number of carbonyl (C=O) groups excluding carboxylic acids is 1. The van der Waals surface area contributed by atoms with E-state index in [9.17, 15) is 20.1 Å². The second kappa shape index (κ2) is 12.7. The number of hydrogen-bond donors (Lipinski definition) is 4. The quantitative estimate of drug-likeness (QED) is 0.265. The molecule has 2 aliphatic heterocycles. The molecule has 2 saturated heterocycles. The molecule has 9 unspecified atom stereocenters. The Labute approximate surface area is 209 Å². The van der Waals surface area contributed by atoms with Gasteiger partial charge in [-0.1, -0.05) is 20.8 Å². The molecule has 7 nitrogen and oxygen atoms in total. The minimum absolute atomic E-state index is 0.175. The van der Waals surface area contributed by atoms with Crippen molar-refractivity contribution in [2.75, 3.05) is 33.1 Å². The lowest BCUT2D eigenvalue weighted by molar-refractivity contribution is -0.131. The number of likely N-dealkylation sites (N-methyl/N-ethyl adjacent to an activating group) is 1. The van der Waals surface area contributed by atoms with Gasteiger partial charge in [0.1, 0.15) is 6.04 Å². The van der Waals surface area contributed by atoms with E-state index in [0.29, 0.717) is 18.4 Å². The Hall–Kier alpha value is -0.0900. The van der Waals surface area contributed by atoms with E-state index >= 15 is 0 Å². The van der Waals surface area contributed by atoms with Gasteiger partial charge in [-0.2, -0.15) is 0 Å². The summed E-state index contributed by atoms with van der Waals surface area (Å²) in [6.45, 7) is 9.56. The molecule has 2 fully saturated rings. The predicted octanol–water partition coefficient (Wildman–Crippen LogP) is 2.30. The SMILES string of the molecule is CSC(O)CC(C(O)CO)C(NC(=O)C1C2OCCC(CC(C)(C)C)CC2CN1C)C(C)Cl. The van der Waals surface area contributed by atoms with Crippen molar-refractivity contribution in [3.63, 3.8) is 0 Å². The van der Waals surface area contributed by atoms with E-state index in [-0.39, 0.29) is 23.8 Å². The summed E-state index contributed by atoms with van der Waals surface area (Å²) in [4.78, 5) is 15.6. The highest BCUT2D eigenvalue weighted by Gasteiger charge is 2.48. The second-order valence-electron chi connectivity index (χ2n) is 11.2. The predicted molar refractivity (Wildman–Crippen MR) is 134 cm³/mol. The number of aliphatic hydroxyl groups excluding tert-OH is 3. The minimum atomic E-state index is -1.10. The number of rotatable bonds is 10. The Kier molecular flexibility index (Phi) is 11.3. The van der Waals surface area contributed by atoms with E-state index in [0.717, 1.165) is 25.8 Å². The molecule has 4 N–H and O–H groups in total. The smallest absolute Gasteiger partial charge is 0.240 e. The maximum absolute atomic E-state index is 13.5. The van der Waals surface area contributed by atoms with Crippen LogP contribution in [0.3, 0.4) is 0 Å². The van der Waals surface area contributed by atoms with Crippen molar-refractivity contribution < 1.29 is 24.9 Å². The molecule has 9 heteroatoms. The molecule has 0 saturated carbocycles. The first-order valence-electron chi connectivity index (χ1n) is 12.1. The topological polar surface area (TPSA) is 102 Å². The fraction of sp³-hybridized carbons (Fsp3) is 0.958. The van der Waals surface area contributed by atoms with Crippen molar-refractivity contribution in [3.8, 4) is 0 Å². The number of nitrogens with zero attached hydrogens (tertiary/aromatic N) is 1. The summed E-state index contributed by atoms with van der Waals surface area (Å²) in [5.74, 6) is 0.126. The number of nitrogens with one attached hydrogen (secondary N) is 1. The van der Waals surface area contributed by atoms with Crippen molar-refractivity contribution in [1.82, 2.24) is 10.2 Å². The summed E-state index contributed by atoms with van der Waals surface area (Å²) < 4.78 is 6.26. The van der Waals surface area contributed by atoms with E-state index in [1.165, 1.54) is 11.8 Å². The third kappa shape index (κ3) is 8.23. The molecule has 0 aromatic heterocycles. The molecular weight excluding hydrogens is 464 g/mol. The van der Waals surface area contributed by atoms with E-state index in [1.807, 2.05) is 7.05 Å². The van der Waals surface area contributed by atoms with Crippen LogP contribution in [0.4, 0.5) is 0 Å². The molecule has 9 atom stereocenters. The summed E-state index contributed by atoms with van der Waals surface area (Å²) in [7, 11) is 1.96. The average molecular weight is 509 g/mol. The Morgan fingerprint density at radius 2 is 2.00 bits per heavy atom. The number of carbonyl (C=O) groups is 1. The Morgan fingerprint density at radius 1 is 1.33 bits per heavy atom. The molecule has 0 radical (unpaired) electrons. The number of amides is 1. The Balaban J connectivity index is 2.15. The highest BCUT2D eigenvalue weighted by Crippen LogP contribution is 2.39. The molecule has 0 spiro atoms. The molecular formula is C24H45ClN2O5S. The number of hydrogen-bond acceptors (Lipinski definition) is 7. The van der Waals surface area contributed by atoms with E-state index < -0.39 is 41.5 Å². The number of fused-ring (bicyclic) bond motifs is 1. The molecule has 2 aliphatic rings. The summed E-state index contributed by atoms with van der Waals surface area (Å²) in [5.41, 5.74) is -0.464. The fourth-order valence-electron chi connectivity index (χ4n) is 5.67. The largest absolute Gasteiger partial charge is 0.394 e. The summed E-state index contributed by atoms with van der Waals surface area (Å²) in [6.07, 6.45) is 3.92. The standard InChI is InChI=1S/C24H45ClN2O5S/c1-14(25)20(17(18(29)13-28)10-19(30)33-6)26-23(31)21-22-16(12-27(21)5)9-15(7-8-32-22)11-24(2,3)4/h14-22,28-30H,7-13H2,1-6H3,(H,26,31). The molecule has 0 aromatic carbocycles. The fourth-order valence-corrected chi connectivity index (χ4v) is 6.33. The number of thioether (sulfide) groups is 1. The van der Waals surface area contributed by atoms with Gasteiger partial charge in [-0.25, -0.2) is 0 Å². The van der Waals surface area contributed by atoms with Gasteiger partial charge in [-0.15, -0.1) is 23.4 Å². The van der Waals surface area contributed by atoms with Crippen LogP contribution in [-0.4, -0.2) is 94.3 Å². The minimum Gasteiger partial charge on any atom is -0.394 e. The zero-order valence-electron chi connectivity index (χ0n) is 21.0. The number of likely N-dealkylation sites (tertiary alicyclic amines) is 1. The van der Waals surface area contributed by atoms with E-state index in [2.05, 4.69) is 31.0 Å². The van der Waals surface area contributed by atoms with Crippen molar-refractivity contribution in [2.24, 2.45) is 23.2 Å². The van der Waals surface area contributed by atoms with Gasteiger partial charge < -0.3 is 25.4 Å². The molecule has 2 heterocycles. The van der Waals surface area contributed by atoms with Crippen LogP contribution in [0.1, 0.15) is 53.4 Å². The number of halogens is 1. The molecule has 1 amide bonds.